The fourth-order valence-corrected chi connectivity index (χ4v) is 4.29. The summed E-state index contributed by atoms with van der Waals surface area (Å²) in [7, 11) is 4.02. The van der Waals surface area contributed by atoms with E-state index >= 15 is 0 Å². The van der Waals surface area contributed by atoms with Crippen LogP contribution in [0.5, 0.6) is 0 Å². The van der Waals surface area contributed by atoms with Crippen LogP contribution < -0.4 is 15.5 Å². The number of hydrogen-bond donors (Lipinski definition) is 2. The van der Waals surface area contributed by atoms with Gasteiger partial charge < -0.3 is 20.3 Å². The number of anilines is 1. The zero-order chi connectivity index (χ0) is 16.5. The molecule has 3 heterocycles. The van der Waals surface area contributed by atoms with Crippen molar-refractivity contribution in [2.45, 2.75) is 56.9 Å². The van der Waals surface area contributed by atoms with Crippen LogP contribution in [0, 0.1) is 0 Å². The maximum atomic E-state index is 5.92. The zero-order valence-electron chi connectivity index (χ0n) is 14.7. The Hall–Kier alpha value is -1.75. The Morgan fingerprint density at radius 3 is 3.04 bits per heavy atom. The fraction of sp³-hybridized carbons (Fsp3) is 0.632. The molecule has 0 aromatic heterocycles. The highest BCUT2D eigenvalue weighted by Crippen LogP contribution is 2.34. The van der Waals surface area contributed by atoms with Crippen LogP contribution in [0.25, 0.3) is 0 Å². The van der Waals surface area contributed by atoms with Crippen LogP contribution >= 0.6 is 0 Å². The first-order valence-electron chi connectivity index (χ1n) is 9.18. The zero-order valence-corrected chi connectivity index (χ0v) is 14.7. The Morgan fingerprint density at radius 1 is 1.38 bits per heavy atom. The highest BCUT2D eigenvalue weighted by molar-refractivity contribution is 5.80. The van der Waals surface area contributed by atoms with Gasteiger partial charge in [-0.2, -0.15) is 0 Å². The van der Waals surface area contributed by atoms with Crippen LogP contribution in [-0.4, -0.2) is 44.8 Å². The lowest BCUT2D eigenvalue weighted by Crippen LogP contribution is -2.47. The summed E-state index contributed by atoms with van der Waals surface area (Å²) in [6.45, 7) is 1.96. The first kappa shape index (κ1) is 15.8. The van der Waals surface area contributed by atoms with Gasteiger partial charge in [-0.3, -0.25) is 4.99 Å². The molecule has 3 unspecified atom stereocenters. The Morgan fingerprint density at radius 2 is 2.29 bits per heavy atom. The van der Waals surface area contributed by atoms with Gasteiger partial charge in [0.1, 0.15) is 0 Å². The van der Waals surface area contributed by atoms with Crippen molar-refractivity contribution >= 4 is 11.6 Å². The number of fused-ring (bicyclic) bond motifs is 3. The van der Waals surface area contributed by atoms with E-state index in [1.807, 2.05) is 7.05 Å². The summed E-state index contributed by atoms with van der Waals surface area (Å²) < 4.78 is 5.92. The summed E-state index contributed by atoms with van der Waals surface area (Å²) >= 11 is 0. The number of ether oxygens (including phenoxy) is 1. The molecule has 0 saturated carbocycles. The van der Waals surface area contributed by atoms with Gasteiger partial charge >= 0.3 is 0 Å². The van der Waals surface area contributed by atoms with Gasteiger partial charge in [-0.05, 0) is 49.3 Å². The second-order valence-corrected chi connectivity index (χ2v) is 7.27. The molecular weight excluding hydrogens is 300 g/mol. The van der Waals surface area contributed by atoms with E-state index in [4.69, 9.17) is 4.74 Å². The van der Waals surface area contributed by atoms with E-state index in [2.05, 4.69) is 45.8 Å². The third-order valence-corrected chi connectivity index (χ3v) is 5.61. The van der Waals surface area contributed by atoms with E-state index < -0.39 is 0 Å². The lowest BCUT2D eigenvalue weighted by molar-refractivity contribution is 0.0992. The van der Waals surface area contributed by atoms with E-state index in [1.165, 1.54) is 42.5 Å². The second-order valence-electron chi connectivity index (χ2n) is 7.27. The van der Waals surface area contributed by atoms with Gasteiger partial charge in [-0.25, -0.2) is 0 Å². The lowest BCUT2D eigenvalue weighted by Gasteiger charge is -2.28. The van der Waals surface area contributed by atoms with Crippen LogP contribution in [0.1, 0.15) is 36.8 Å². The van der Waals surface area contributed by atoms with Gasteiger partial charge in [-0.15, -0.1) is 0 Å². The summed E-state index contributed by atoms with van der Waals surface area (Å²) in [5, 5.41) is 7.00. The van der Waals surface area contributed by atoms with Crippen molar-refractivity contribution < 1.29 is 4.74 Å². The molecule has 3 aliphatic heterocycles. The summed E-state index contributed by atoms with van der Waals surface area (Å²) in [6.07, 6.45) is 6.76. The molecule has 5 nitrogen and oxygen atoms in total. The number of hydrogen-bond acceptors (Lipinski definition) is 3. The van der Waals surface area contributed by atoms with Gasteiger partial charge in [-0.1, -0.05) is 12.1 Å². The predicted molar refractivity (Wildman–Crippen MR) is 97.7 cm³/mol. The molecule has 3 aliphatic rings. The number of nitrogens with zero attached hydrogens (tertiary/aromatic N) is 2. The standard InChI is InChI=1S/C19H28N4O/c1-20-19(22-16-11-15-6-8-18(16)24-15)21-12-13-5-7-17-14(10-13)4-3-9-23(17)2/h5,7,10,15-16,18H,3-4,6,8-9,11-12H2,1-2H3,(H2,20,21,22). The van der Waals surface area contributed by atoms with Gasteiger partial charge in [0.15, 0.2) is 5.96 Å². The van der Waals surface area contributed by atoms with Crippen molar-refractivity contribution in [3.8, 4) is 0 Å². The van der Waals surface area contributed by atoms with Crippen LogP contribution in [0.4, 0.5) is 5.69 Å². The number of rotatable bonds is 3. The number of benzene rings is 1. The average Bonchev–Trinajstić information content (AvgIpc) is 3.21. The van der Waals surface area contributed by atoms with Crippen LogP contribution in [0.2, 0.25) is 0 Å². The quantitative estimate of drug-likeness (QED) is 0.659. The molecule has 0 aliphatic carbocycles. The summed E-state index contributed by atoms with van der Waals surface area (Å²) in [5.74, 6) is 0.881. The van der Waals surface area contributed by atoms with Crippen molar-refractivity contribution in [2.75, 3.05) is 25.5 Å². The molecule has 2 saturated heterocycles. The first-order valence-corrected chi connectivity index (χ1v) is 9.18. The summed E-state index contributed by atoms with van der Waals surface area (Å²) in [4.78, 5) is 6.73. The van der Waals surface area contributed by atoms with E-state index in [0.29, 0.717) is 18.2 Å². The third-order valence-electron chi connectivity index (χ3n) is 5.61. The molecule has 3 atom stereocenters. The number of aryl methyl sites for hydroxylation is 1. The minimum absolute atomic E-state index is 0.368. The van der Waals surface area contributed by atoms with Crippen LogP contribution in [0.3, 0.4) is 0 Å². The minimum atomic E-state index is 0.368. The molecule has 4 rings (SSSR count). The lowest BCUT2D eigenvalue weighted by atomic mass is 9.96. The smallest absolute Gasteiger partial charge is 0.191 e. The molecule has 2 fully saturated rings. The van der Waals surface area contributed by atoms with Crippen LogP contribution in [0.15, 0.2) is 23.2 Å². The Kier molecular flexibility index (Phi) is 4.35. The largest absolute Gasteiger partial charge is 0.374 e. The molecule has 1 aromatic rings. The highest BCUT2D eigenvalue weighted by atomic mass is 16.5. The molecule has 0 spiro atoms. The van der Waals surface area contributed by atoms with E-state index in [-0.39, 0.29) is 0 Å². The average molecular weight is 328 g/mol. The van der Waals surface area contributed by atoms with Gasteiger partial charge in [0, 0.05) is 32.9 Å². The predicted octanol–water partition coefficient (Wildman–Crippen LogP) is 2.05. The van der Waals surface area contributed by atoms with Gasteiger partial charge in [0.2, 0.25) is 0 Å². The normalized spacial score (nSPS) is 28.8. The first-order chi connectivity index (χ1) is 11.7. The Labute approximate surface area is 144 Å². The molecule has 0 radical (unpaired) electrons. The SMILES string of the molecule is CN=C(NCc1ccc2c(c1)CCCN2C)NC1CC2CCC1O2. The second kappa shape index (κ2) is 6.63. The van der Waals surface area contributed by atoms with E-state index in [9.17, 15) is 0 Å². The summed E-state index contributed by atoms with van der Waals surface area (Å²) in [5.41, 5.74) is 4.16. The van der Waals surface area contributed by atoms with Crippen molar-refractivity contribution in [1.82, 2.24) is 10.6 Å². The molecule has 5 heteroatoms. The maximum Gasteiger partial charge on any atom is 0.191 e. The molecule has 0 amide bonds. The molecule has 2 bridgehead atoms. The topological polar surface area (TPSA) is 48.9 Å². The number of aliphatic imine (C=N–C) groups is 1. The molecule has 2 N–H and O–H groups in total. The molecule has 1 aromatic carbocycles. The Balaban J connectivity index is 1.35. The number of guanidine groups is 1. The molecular formula is C19H28N4O. The fourth-order valence-electron chi connectivity index (χ4n) is 4.29. The van der Waals surface area contributed by atoms with Crippen molar-refractivity contribution in [1.29, 1.82) is 0 Å². The van der Waals surface area contributed by atoms with E-state index in [1.54, 1.807) is 0 Å². The minimum Gasteiger partial charge on any atom is -0.374 e. The molecule has 130 valence electrons. The van der Waals surface area contributed by atoms with Gasteiger partial charge in [0.05, 0.1) is 18.2 Å². The van der Waals surface area contributed by atoms with Crippen LogP contribution in [-0.2, 0) is 17.7 Å². The van der Waals surface area contributed by atoms with Crippen molar-refractivity contribution in [3.63, 3.8) is 0 Å². The molecule has 24 heavy (non-hydrogen) atoms. The third kappa shape index (κ3) is 3.09. The highest BCUT2D eigenvalue weighted by Gasteiger charge is 2.41. The van der Waals surface area contributed by atoms with Gasteiger partial charge in [0.25, 0.3) is 0 Å². The van der Waals surface area contributed by atoms with Crippen molar-refractivity contribution in [2.24, 2.45) is 4.99 Å². The Bertz CT molecular complexity index is 630. The number of nitrogens with one attached hydrogen (secondary N) is 2. The van der Waals surface area contributed by atoms with Crippen molar-refractivity contribution in [3.05, 3.63) is 29.3 Å². The van der Waals surface area contributed by atoms with E-state index in [0.717, 1.165) is 25.5 Å². The summed E-state index contributed by atoms with van der Waals surface area (Å²) in [6, 6.07) is 7.23. The maximum absolute atomic E-state index is 5.92. The monoisotopic (exact) mass is 328 g/mol.